The lowest BCUT2D eigenvalue weighted by molar-refractivity contribution is -0.135. The normalized spacial score (nSPS) is 15.2. The Labute approximate surface area is 147 Å². The van der Waals surface area contributed by atoms with Crippen molar-refractivity contribution < 1.29 is 13.9 Å². The second kappa shape index (κ2) is 8.12. The minimum Gasteiger partial charge on any atom is -0.484 e. The van der Waals surface area contributed by atoms with E-state index in [9.17, 15) is 9.18 Å². The lowest BCUT2D eigenvalue weighted by Crippen LogP contribution is -2.49. The van der Waals surface area contributed by atoms with Crippen LogP contribution in [0.4, 0.5) is 4.39 Å². The zero-order chi connectivity index (χ0) is 17.6. The molecule has 1 amide bonds. The maximum Gasteiger partial charge on any atom is 0.260 e. The molecule has 1 saturated heterocycles. The number of carbonyl (C=O) groups is 1. The summed E-state index contributed by atoms with van der Waals surface area (Å²) < 4.78 is 18.6. The molecule has 0 saturated carbocycles. The molecule has 0 bridgehead atoms. The minimum atomic E-state index is -0.215. The lowest BCUT2D eigenvalue weighted by atomic mass is 10.2. The van der Waals surface area contributed by atoms with Gasteiger partial charge in [0.1, 0.15) is 11.6 Å². The number of hydrogen-bond donors (Lipinski definition) is 0. The van der Waals surface area contributed by atoms with Gasteiger partial charge in [0.05, 0.1) is 0 Å². The lowest BCUT2D eigenvalue weighted by Gasteiger charge is -2.34. The molecule has 0 aliphatic carbocycles. The Hall–Kier alpha value is -2.40. The van der Waals surface area contributed by atoms with E-state index in [0.717, 1.165) is 36.5 Å². The average Bonchev–Trinajstić information content (AvgIpc) is 2.63. The highest BCUT2D eigenvalue weighted by molar-refractivity contribution is 5.78. The van der Waals surface area contributed by atoms with Gasteiger partial charge in [-0.25, -0.2) is 4.39 Å². The number of aryl methyl sites for hydroxylation is 1. The predicted molar refractivity (Wildman–Crippen MR) is 94.9 cm³/mol. The quantitative estimate of drug-likeness (QED) is 0.838. The van der Waals surface area contributed by atoms with Crippen LogP contribution in [0.3, 0.4) is 0 Å². The first-order chi connectivity index (χ1) is 12.1. The molecule has 0 unspecified atom stereocenters. The van der Waals surface area contributed by atoms with Crippen molar-refractivity contribution in [2.45, 2.75) is 13.5 Å². The van der Waals surface area contributed by atoms with Crippen LogP contribution in [0.2, 0.25) is 0 Å². The van der Waals surface area contributed by atoms with Crippen molar-refractivity contribution in [3.63, 3.8) is 0 Å². The van der Waals surface area contributed by atoms with Crippen LogP contribution in [0.5, 0.6) is 5.75 Å². The first-order valence-electron chi connectivity index (χ1n) is 8.55. The summed E-state index contributed by atoms with van der Waals surface area (Å²) in [7, 11) is 0. The Morgan fingerprint density at radius 3 is 2.40 bits per heavy atom. The monoisotopic (exact) mass is 342 g/mol. The number of halogens is 1. The highest BCUT2D eigenvalue weighted by Gasteiger charge is 2.21. The topological polar surface area (TPSA) is 32.8 Å². The van der Waals surface area contributed by atoms with Crippen LogP contribution in [0, 0.1) is 12.7 Å². The molecular weight excluding hydrogens is 319 g/mol. The Morgan fingerprint density at radius 1 is 1.04 bits per heavy atom. The van der Waals surface area contributed by atoms with E-state index in [1.165, 1.54) is 12.1 Å². The smallest absolute Gasteiger partial charge is 0.260 e. The van der Waals surface area contributed by atoms with E-state index >= 15 is 0 Å². The van der Waals surface area contributed by atoms with Crippen molar-refractivity contribution in [1.82, 2.24) is 9.80 Å². The highest BCUT2D eigenvalue weighted by atomic mass is 19.1. The van der Waals surface area contributed by atoms with Gasteiger partial charge in [0, 0.05) is 32.7 Å². The molecule has 0 radical (unpaired) electrons. The summed E-state index contributed by atoms with van der Waals surface area (Å²) in [6.45, 7) is 5.83. The van der Waals surface area contributed by atoms with E-state index in [-0.39, 0.29) is 18.3 Å². The molecule has 2 aromatic rings. The molecule has 0 atom stereocenters. The maximum absolute atomic E-state index is 13.0. The molecule has 5 heteroatoms. The number of benzene rings is 2. The van der Waals surface area contributed by atoms with Gasteiger partial charge in [0.25, 0.3) is 5.91 Å². The standard InChI is InChI=1S/C20H23FN2O2/c1-16-4-2-3-5-19(16)25-15-20(24)23-12-10-22(11-13-23)14-17-6-8-18(21)9-7-17/h2-9H,10-15H2,1H3. The van der Waals surface area contributed by atoms with Crippen molar-refractivity contribution in [3.05, 3.63) is 65.5 Å². The molecule has 132 valence electrons. The molecule has 25 heavy (non-hydrogen) atoms. The fourth-order valence-electron chi connectivity index (χ4n) is 2.95. The van der Waals surface area contributed by atoms with Gasteiger partial charge in [-0.15, -0.1) is 0 Å². The van der Waals surface area contributed by atoms with Crippen LogP contribution in [0.25, 0.3) is 0 Å². The first-order valence-corrected chi connectivity index (χ1v) is 8.55. The summed E-state index contributed by atoms with van der Waals surface area (Å²) in [5.74, 6) is 0.559. The molecular formula is C20H23FN2O2. The van der Waals surface area contributed by atoms with E-state index in [1.54, 1.807) is 0 Å². The summed E-state index contributed by atoms with van der Waals surface area (Å²) in [5, 5.41) is 0. The third-order valence-electron chi connectivity index (χ3n) is 4.49. The van der Waals surface area contributed by atoms with Crippen LogP contribution in [0.1, 0.15) is 11.1 Å². The van der Waals surface area contributed by atoms with Gasteiger partial charge in [-0.1, -0.05) is 30.3 Å². The first kappa shape index (κ1) is 17.4. The summed E-state index contributed by atoms with van der Waals surface area (Å²) in [4.78, 5) is 16.4. The Balaban J connectivity index is 1.44. The van der Waals surface area contributed by atoms with E-state index in [4.69, 9.17) is 4.74 Å². The van der Waals surface area contributed by atoms with Crippen molar-refractivity contribution in [3.8, 4) is 5.75 Å². The number of ether oxygens (including phenoxy) is 1. The van der Waals surface area contributed by atoms with Crippen molar-refractivity contribution >= 4 is 5.91 Å². The second-order valence-corrected chi connectivity index (χ2v) is 6.34. The van der Waals surface area contributed by atoms with Gasteiger partial charge < -0.3 is 9.64 Å². The minimum absolute atomic E-state index is 0.0182. The molecule has 4 nitrogen and oxygen atoms in total. The van der Waals surface area contributed by atoms with Gasteiger partial charge >= 0.3 is 0 Å². The molecule has 0 N–H and O–H groups in total. The average molecular weight is 342 g/mol. The van der Waals surface area contributed by atoms with Gasteiger partial charge in [-0.3, -0.25) is 9.69 Å². The van der Waals surface area contributed by atoms with E-state index in [0.29, 0.717) is 13.1 Å². The third kappa shape index (κ3) is 4.79. The van der Waals surface area contributed by atoms with Gasteiger partial charge in [-0.2, -0.15) is 0 Å². The number of para-hydroxylation sites is 1. The summed E-state index contributed by atoms with van der Waals surface area (Å²) in [6.07, 6.45) is 0. The fourth-order valence-corrected chi connectivity index (χ4v) is 2.95. The van der Waals surface area contributed by atoms with Crippen molar-refractivity contribution in [2.75, 3.05) is 32.8 Å². The Morgan fingerprint density at radius 2 is 1.72 bits per heavy atom. The number of carbonyl (C=O) groups excluding carboxylic acids is 1. The van der Waals surface area contributed by atoms with Crippen molar-refractivity contribution in [1.29, 1.82) is 0 Å². The van der Waals surface area contributed by atoms with Gasteiger partial charge in [0.15, 0.2) is 6.61 Å². The van der Waals surface area contributed by atoms with Gasteiger partial charge in [0.2, 0.25) is 0 Å². The molecule has 1 aliphatic rings. The number of hydrogen-bond acceptors (Lipinski definition) is 3. The molecule has 2 aromatic carbocycles. The highest BCUT2D eigenvalue weighted by Crippen LogP contribution is 2.16. The zero-order valence-corrected chi connectivity index (χ0v) is 14.5. The van der Waals surface area contributed by atoms with Crippen LogP contribution in [-0.4, -0.2) is 48.5 Å². The summed E-state index contributed by atoms with van der Waals surface area (Å²) in [6, 6.07) is 14.3. The second-order valence-electron chi connectivity index (χ2n) is 6.34. The molecule has 1 aliphatic heterocycles. The Bertz CT molecular complexity index is 710. The molecule has 1 fully saturated rings. The predicted octanol–water partition coefficient (Wildman–Crippen LogP) is 2.86. The van der Waals surface area contributed by atoms with Crippen LogP contribution in [0.15, 0.2) is 48.5 Å². The number of amides is 1. The van der Waals surface area contributed by atoms with Crippen LogP contribution >= 0.6 is 0 Å². The van der Waals surface area contributed by atoms with Crippen LogP contribution < -0.4 is 4.74 Å². The molecule has 1 heterocycles. The van der Waals surface area contributed by atoms with Crippen molar-refractivity contribution in [2.24, 2.45) is 0 Å². The fraction of sp³-hybridized carbons (Fsp3) is 0.350. The summed E-state index contributed by atoms with van der Waals surface area (Å²) >= 11 is 0. The molecule has 3 rings (SSSR count). The molecule has 0 spiro atoms. The summed E-state index contributed by atoms with van der Waals surface area (Å²) in [5.41, 5.74) is 2.11. The number of piperazine rings is 1. The van der Waals surface area contributed by atoms with Crippen LogP contribution in [-0.2, 0) is 11.3 Å². The van der Waals surface area contributed by atoms with E-state index in [2.05, 4.69) is 4.90 Å². The third-order valence-corrected chi connectivity index (χ3v) is 4.49. The number of nitrogens with zero attached hydrogens (tertiary/aromatic N) is 2. The largest absolute Gasteiger partial charge is 0.484 e. The SMILES string of the molecule is Cc1ccccc1OCC(=O)N1CCN(Cc2ccc(F)cc2)CC1. The maximum atomic E-state index is 13.0. The molecule has 0 aromatic heterocycles. The van der Waals surface area contributed by atoms with Gasteiger partial charge in [-0.05, 0) is 36.2 Å². The zero-order valence-electron chi connectivity index (χ0n) is 14.5. The van der Waals surface area contributed by atoms with E-state index in [1.807, 2.05) is 48.2 Å². The van der Waals surface area contributed by atoms with E-state index < -0.39 is 0 Å². The Kier molecular flexibility index (Phi) is 5.66. The number of rotatable bonds is 5.